The van der Waals surface area contributed by atoms with E-state index in [-0.39, 0.29) is 12.4 Å². The Bertz CT molecular complexity index is 357. The van der Waals surface area contributed by atoms with Gasteiger partial charge < -0.3 is 10.5 Å². The maximum atomic E-state index is 5.99. The number of halogens is 2. The summed E-state index contributed by atoms with van der Waals surface area (Å²) in [6.45, 7) is 3.43. The van der Waals surface area contributed by atoms with E-state index in [0.29, 0.717) is 18.4 Å². The van der Waals surface area contributed by atoms with Gasteiger partial charge in [0.05, 0.1) is 6.61 Å². The molecule has 1 saturated carbocycles. The predicted molar refractivity (Wildman–Crippen MR) is 69.8 cm³/mol. The fourth-order valence-corrected chi connectivity index (χ4v) is 2.17. The summed E-state index contributed by atoms with van der Waals surface area (Å²) < 4.78 is 5.59. The summed E-state index contributed by atoms with van der Waals surface area (Å²) in [6, 6.07) is 5.83. The Balaban J connectivity index is 0.00000128. The third-order valence-electron chi connectivity index (χ3n) is 2.90. The van der Waals surface area contributed by atoms with Crippen molar-refractivity contribution in [3.05, 3.63) is 28.8 Å². The second-order valence-electron chi connectivity index (χ2n) is 3.95. The Morgan fingerprint density at radius 3 is 2.81 bits per heavy atom. The lowest BCUT2D eigenvalue weighted by Crippen LogP contribution is -2.03. The zero-order chi connectivity index (χ0) is 10.8. The molecule has 2 N–H and O–H groups in total. The number of hydrogen-bond donors (Lipinski definition) is 1. The number of rotatable bonds is 4. The van der Waals surface area contributed by atoms with E-state index in [1.54, 1.807) is 0 Å². The van der Waals surface area contributed by atoms with Crippen LogP contribution in [-0.2, 0) is 0 Å². The molecule has 1 aromatic carbocycles. The summed E-state index contributed by atoms with van der Waals surface area (Å²) in [7, 11) is 0. The van der Waals surface area contributed by atoms with Gasteiger partial charge in [0.25, 0.3) is 0 Å². The molecule has 0 aromatic heterocycles. The number of hydrogen-bond acceptors (Lipinski definition) is 2. The van der Waals surface area contributed by atoms with Crippen molar-refractivity contribution in [2.45, 2.75) is 19.3 Å². The van der Waals surface area contributed by atoms with Crippen LogP contribution in [0.1, 0.15) is 24.8 Å². The summed E-state index contributed by atoms with van der Waals surface area (Å²) in [5.74, 6) is 2.13. The van der Waals surface area contributed by atoms with Crippen LogP contribution >= 0.6 is 24.0 Å². The van der Waals surface area contributed by atoms with Gasteiger partial charge in [-0.25, -0.2) is 0 Å². The van der Waals surface area contributed by atoms with E-state index in [9.17, 15) is 0 Å². The van der Waals surface area contributed by atoms with Gasteiger partial charge in [-0.1, -0.05) is 11.6 Å². The van der Waals surface area contributed by atoms with E-state index in [1.807, 2.05) is 25.1 Å². The maximum Gasteiger partial charge on any atom is 0.122 e. The highest BCUT2D eigenvalue weighted by Crippen LogP contribution is 2.50. The molecule has 2 nitrogen and oxygen atoms in total. The monoisotopic (exact) mass is 261 g/mol. The van der Waals surface area contributed by atoms with Crippen LogP contribution in [0.5, 0.6) is 5.75 Å². The Labute approximate surface area is 108 Å². The third-order valence-corrected chi connectivity index (χ3v) is 3.13. The van der Waals surface area contributed by atoms with Crippen LogP contribution in [0.3, 0.4) is 0 Å². The molecule has 1 fully saturated rings. The van der Waals surface area contributed by atoms with Gasteiger partial charge in [0.1, 0.15) is 5.75 Å². The predicted octanol–water partition coefficient (Wildman–Crippen LogP) is 3.22. The molecule has 0 spiro atoms. The van der Waals surface area contributed by atoms with E-state index >= 15 is 0 Å². The van der Waals surface area contributed by atoms with Gasteiger partial charge in [0, 0.05) is 5.02 Å². The molecule has 0 amide bonds. The van der Waals surface area contributed by atoms with Crippen molar-refractivity contribution < 1.29 is 4.74 Å². The quantitative estimate of drug-likeness (QED) is 0.904. The molecule has 0 bridgehead atoms. The normalized spacial score (nSPS) is 22.4. The van der Waals surface area contributed by atoms with Crippen LogP contribution in [0.4, 0.5) is 0 Å². The topological polar surface area (TPSA) is 35.2 Å². The average molecular weight is 262 g/mol. The van der Waals surface area contributed by atoms with E-state index in [2.05, 4.69) is 0 Å². The first-order valence-electron chi connectivity index (χ1n) is 5.38. The molecule has 2 atom stereocenters. The van der Waals surface area contributed by atoms with Crippen LogP contribution < -0.4 is 10.5 Å². The first-order valence-corrected chi connectivity index (χ1v) is 5.76. The van der Waals surface area contributed by atoms with Crippen molar-refractivity contribution in [3.63, 3.8) is 0 Å². The summed E-state index contributed by atoms with van der Waals surface area (Å²) in [4.78, 5) is 0. The molecule has 1 aliphatic rings. The van der Waals surface area contributed by atoms with E-state index < -0.39 is 0 Å². The maximum absolute atomic E-state index is 5.99. The van der Waals surface area contributed by atoms with Crippen molar-refractivity contribution in [1.82, 2.24) is 0 Å². The third kappa shape index (κ3) is 2.82. The van der Waals surface area contributed by atoms with Crippen LogP contribution in [0.2, 0.25) is 5.02 Å². The smallest absolute Gasteiger partial charge is 0.122 e. The highest BCUT2D eigenvalue weighted by molar-refractivity contribution is 6.30. The number of ether oxygens (including phenoxy) is 1. The van der Waals surface area contributed by atoms with Crippen LogP contribution in [0.25, 0.3) is 0 Å². The van der Waals surface area contributed by atoms with Crippen LogP contribution in [-0.4, -0.2) is 13.2 Å². The molecule has 90 valence electrons. The molecule has 1 aliphatic carbocycles. The Morgan fingerprint density at radius 2 is 2.25 bits per heavy atom. The molecule has 1 aromatic rings. The number of benzene rings is 1. The molecule has 16 heavy (non-hydrogen) atoms. The van der Waals surface area contributed by atoms with Gasteiger partial charge in [-0.05, 0) is 55.5 Å². The van der Waals surface area contributed by atoms with E-state index in [4.69, 9.17) is 22.1 Å². The van der Waals surface area contributed by atoms with Crippen molar-refractivity contribution >= 4 is 24.0 Å². The van der Waals surface area contributed by atoms with Crippen molar-refractivity contribution in [2.24, 2.45) is 11.7 Å². The largest absolute Gasteiger partial charge is 0.494 e. The highest BCUT2D eigenvalue weighted by atomic mass is 35.5. The molecule has 2 rings (SSSR count). The Morgan fingerprint density at radius 1 is 1.50 bits per heavy atom. The van der Waals surface area contributed by atoms with Crippen molar-refractivity contribution in [3.8, 4) is 5.75 Å². The first-order chi connectivity index (χ1) is 7.26. The molecular formula is C12H17Cl2NO. The molecule has 2 unspecified atom stereocenters. The zero-order valence-electron chi connectivity index (χ0n) is 9.28. The lowest BCUT2D eigenvalue weighted by molar-refractivity contribution is 0.336. The van der Waals surface area contributed by atoms with Gasteiger partial charge in [-0.2, -0.15) is 0 Å². The first kappa shape index (κ1) is 13.6. The summed E-state index contributed by atoms with van der Waals surface area (Å²) in [6.07, 6.45) is 1.16. The Hall–Kier alpha value is -0.440. The van der Waals surface area contributed by atoms with Crippen molar-refractivity contribution in [2.75, 3.05) is 13.2 Å². The molecular weight excluding hydrogens is 245 g/mol. The number of nitrogens with two attached hydrogens (primary N) is 1. The standard InChI is InChI=1S/C12H16ClNO.ClH/c1-2-15-12-4-3-9(13)6-11(12)10-5-8(10)7-14;/h3-4,6,8,10H,2,5,7,14H2,1H3;1H. The fraction of sp³-hybridized carbons (Fsp3) is 0.500. The second-order valence-corrected chi connectivity index (χ2v) is 4.39. The molecule has 4 heteroatoms. The van der Waals surface area contributed by atoms with Gasteiger partial charge in [-0.3, -0.25) is 0 Å². The lowest BCUT2D eigenvalue weighted by atomic mass is 10.1. The minimum atomic E-state index is 0. The van der Waals surface area contributed by atoms with E-state index in [1.165, 1.54) is 5.56 Å². The summed E-state index contributed by atoms with van der Waals surface area (Å²) >= 11 is 5.99. The average Bonchev–Trinajstić information content (AvgIpc) is 3.00. The summed E-state index contributed by atoms with van der Waals surface area (Å²) in [5.41, 5.74) is 6.87. The zero-order valence-corrected chi connectivity index (χ0v) is 10.9. The molecule has 0 radical (unpaired) electrons. The summed E-state index contributed by atoms with van der Waals surface area (Å²) in [5, 5.41) is 0.774. The molecule has 0 heterocycles. The van der Waals surface area contributed by atoms with Gasteiger partial charge in [-0.15, -0.1) is 12.4 Å². The van der Waals surface area contributed by atoms with Crippen LogP contribution in [0, 0.1) is 5.92 Å². The molecule has 0 saturated heterocycles. The van der Waals surface area contributed by atoms with Gasteiger partial charge >= 0.3 is 0 Å². The van der Waals surface area contributed by atoms with Gasteiger partial charge in [0.2, 0.25) is 0 Å². The minimum absolute atomic E-state index is 0. The van der Waals surface area contributed by atoms with Gasteiger partial charge in [0.15, 0.2) is 0 Å². The SMILES string of the molecule is CCOc1ccc(Cl)cc1C1CC1CN.Cl. The Kier molecular flexibility index (Phi) is 4.90. The minimum Gasteiger partial charge on any atom is -0.494 e. The fourth-order valence-electron chi connectivity index (χ4n) is 1.99. The lowest BCUT2D eigenvalue weighted by Gasteiger charge is -2.10. The van der Waals surface area contributed by atoms with E-state index in [0.717, 1.165) is 23.7 Å². The highest BCUT2D eigenvalue weighted by Gasteiger charge is 2.38. The van der Waals surface area contributed by atoms with Crippen molar-refractivity contribution in [1.29, 1.82) is 0 Å². The molecule has 0 aliphatic heterocycles. The second kappa shape index (κ2) is 5.76. The van der Waals surface area contributed by atoms with Crippen LogP contribution in [0.15, 0.2) is 18.2 Å².